The summed E-state index contributed by atoms with van der Waals surface area (Å²) in [6, 6.07) is 27.4. The summed E-state index contributed by atoms with van der Waals surface area (Å²) in [5.74, 6) is 0. The molecule has 0 N–H and O–H groups in total. The number of alkyl halides is 3. The van der Waals surface area contributed by atoms with Gasteiger partial charge in [-0.2, -0.15) is 13.2 Å². The second-order valence-electron chi connectivity index (χ2n) is 10.5. The fraction of sp³-hybridized carbons (Fsp3) is 0.182. The number of hydrogen-bond acceptors (Lipinski definition) is 1. The monoisotopic (exact) mass is 510 g/mol. The molecule has 6 aromatic rings. The van der Waals surface area contributed by atoms with E-state index in [4.69, 9.17) is 4.42 Å². The van der Waals surface area contributed by atoms with E-state index >= 15 is 0 Å². The van der Waals surface area contributed by atoms with E-state index in [1.165, 1.54) is 13.8 Å². The minimum absolute atomic E-state index is 0.241. The molecule has 0 radical (unpaired) electrons. The minimum atomic E-state index is -4.32. The standard InChI is InChI=1S/C33H27F3NO/c1-20-9-15-27-26-16-12-22-7-5-6-8-25(22)30(26)38-31(27)29(20)28-19-23(17-18-37(28)4)21-10-13-24(14-11-21)32(2,3)33(34,35)36/h5-19H,1-4H3/q+1. The molecule has 2 nitrogen and oxygen atoms in total. The number of rotatable bonds is 3. The highest BCUT2D eigenvalue weighted by atomic mass is 19.4. The van der Waals surface area contributed by atoms with Crippen LogP contribution in [-0.4, -0.2) is 6.18 Å². The molecule has 0 amide bonds. The number of furan rings is 1. The average molecular weight is 511 g/mol. The summed E-state index contributed by atoms with van der Waals surface area (Å²) >= 11 is 0. The summed E-state index contributed by atoms with van der Waals surface area (Å²) in [6.07, 6.45) is -2.34. The normalized spacial score (nSPS) is 12.6. The van der Waals surface area contributed by atoms with Gasteiger partial charge in [0, 0.05) is 28.3 Å². The van der Waals surface area contributed by atoms with Gasteiger partial charge in [0.2, 0.25) is 5.69 Å². The average Bonchev–Trinajstić information content (AvgIpc) is 3.28. The Bertz CT molecular complexity index is 1840. The Morgan fingerprint density at radius 2 is 1.39 bits per heavy atom. The Morgan fingerprint density at radius 3 is 2.13 bits per heavy atom. The van der Waals surface area contributed by atoms with Crippen LogP contribution in [0.2, 0.25) is 0 Å². The third-order valence-electron chi connectivity index (χ3n) is 7.79. The minimum Gasteiger partial charge on any atom is -0.454 e. The predicted octanol–water partition coefficient (Wildman–Crippen LogP) is 9.05. The van der Waals surface area contributed by atoms with Gasteiger partial charge in [-0.05, 0) is 54.5 Å². The van der Waals surface area contributed by atoms with E-state index in [1.54, 1.807) is 24.3 Å². The second-order valence-corrected chi connectivity index (χ2v) is 10.5. The van der Waals surface area contributed by atoms with Crippen molar-refractivity contribution in [1.82, 2.24) is 0 Å². The van der Waals surface area contributed by atoms with Crippen molar-refractivity contribution >= 4 is 32.7 Å². The first kappa shape index (κ1) is 24.2. The number of aromatic nitrogens is 1. The Morgan fingerprint density at radius 1 is 0.711 bits per heavy atom. The van der Waals surface area contributed by atoms with E-state index in [2.05, 4.69) is 54.0 Å². The van der Waals surface area contributed by atoms with Gasteiger partial charge in [0.15, 0.2) is 6.20 Å². The molecule has 190 valence electrons. The first-order valence-electron chi connectivity index (χ1n) is 12.6. The molecule has 0 aliphatic heterocycles. The molecule has 0 atom stereocenters. The molecule has 0 spiro atoms. The SMILES string of the molecule is Cc1ccc2c(oc3c4ccccc4ccc23)c1-c1cc(-c2ccc(C(C)(C)C(F)(F)F)cc2)cc[n+]1C. The van der Waals surface area contributed by atoms with Crippen LogP contribution in [0.25, 0.3) is 55.1 Å². The van der Waals surface area contributed by atoms with Crippen LogP contribution in [0.4, 0.5) is 13.2 Å². The van der Waals surface area contributed by atoms with E-state index in [9.17, 15) is 13.2 Å². The Hall–Kier alpha value is -4.12. The van der Waals surface area contributed by atoms with Crippen molar-refractivity contribution in [3.63, 3.8) is 0 Å². The lowest BCUT2D eigenvalue weighted by Crippen LogP contribution is -2.36. The molecule has 38 heavy (non-hydrogen) atoms. The topological polar surface area (TPSA) is 17.0 Å². The van der Waals surface area contributed by atoms with Crippen LogP contribution < -0.4 is 4.57 Å². The lowest BCUT2D eigenvalue weighted by Gasteiger charge is -2.28. The van der Waals surface area contributed by atoms with E-state index in [1.807, 2.05) is 31.4 Å². The number of hydrogen-bond donors (Lipinski definition) is 0. The van der Waals surface area contributed by atoms with Gasteiger partial charge >= 0.3 is 6.18 Å². The Kier molecular flexibility index (Phi) is 5.39. The predicted molar refractivity (Wildman–Crippen MR) is 147 cm³/mol. The zero-order chi connectivity index (χ0) is 26.8. The van der Waals surface area contributed by atoms with Crippen LogP contribution in [0.15, 0.2) is 95.5 Å². The van der Waals surface area contributed by atoms with Crippen LogP contribution in [0.1, 0.15) is 25.0 Å². The fourth-order valence-electron chi connectivity index (χ4n) is 5.23. The van der Waals surface area contributed by atoms with Crippen molar-refractivity contribution in [1.29, 1.82) is 0 Å². The zero-order valence-electron chi connectivity index (χ0n) is 21.6. The van der Waals surface area contributed by atoms with Gasteiger partial charge in [-0.1, -0.05) is 66.7 Å². The van der Waals surface area contributed by atoms with E-state index < -0.39 is 11.6 Å². The van der Waals surface area contributed by atoms with Gasteiger partial charge in [-0.25, -0.2) is 4.57 Å². The molecule has 0 unspecified atom stereocenters. The first-order chi connectivity index (χ1) is 18.1. The highest BCUT2D eigenvalue weighted by molar-refractivity contribution is 6.17. The van der Waals surface area contributed by atoms with Crippen molar-refractivity contribution < 1.29 is 22.2 Å². The Labute approximate surface area is 219 Å². The largest absolute Gasteiger partial charge is 0.454 e. The number of halogens is 3. The van der Waals surface area contributed by atoms with Crippen molar-refractivity contribution in [2.24, 2.45) is 7.05 Å². The highest BCUT2D eigenvalue weighted by Gasteiger charge is 2.48. The molecule has 0 bridgehead atoms. The van der Waals surface area contributed by atoms with Crippen LogP contribution in [0.3, 0.4) is 0 Å². The van der Waals surface area contributed by atoms with Crippen LogP contribution in [0, 0.1) is 6.92 Å². The fourth-order valence-corrected chi connectivity index (χ4v) is 5.23. The van der Waals surface area contributed by atoms with Crippen LogP contribution in [0.5, 0.6) is 0 Å². The molecule has 0 saturated heterocycles. The molecule has 5 heteroatoms. The molecule has 6 rings (SSSR count). The Balaban J connectivity index is 1.51. The van der Waals surface area contributed by atoms with Crippen LogP contribution >= 0.6 is 0 Å². The smallest absolute Gasteiger partial charge is 0.397 e. The van der Waals surface area contributed by atoms with Gasteiger partial charge in [-0.3, -0.25) is 0 Å². The first-order valence-corrected chi connectivity index (χ1v) is 12.6. The van der Waals surface area contributed by atoms with E-state index in [0.717, 1.165) is 60.7 Å². The molecule has 0 aliphatic carbocycles. The van der Waals surface area contributed by atoms with E-state index in [0.29, 0.717) is 0 Å². The van der Waals surface area contributed by atoms with Crippen molar-refractivity contribution in [3.05, 3.63) is 102 Å². The molecule has 4 aromatic carbocycles. The summed E-state index contributed by atoms with van der Waals surface area (Å²) in [5, 5.41) is 4.32. The molecule has 0 saturated carbocycles. The quantitative estimate of drug-likeness (QED) is 0.217. The molecule has 2 aromatic heterocycles. The zero-order valence-corrected chi connectivity index (χ0v) is 21.6. The summed E-state index contributed by atoms with van der Waals surface area (Å²) in [4.78, 5) is 0. The maximum atomic E-state index is 13.5. The van der Waals surface area contributed by atoms with Crippen molar-refractivity contribution in [2.75, 3.05) is 0 Å². The molecule has 0 aliphatic rings. The van der Waals surface area contributed by atoms with Gasteiger partial charge in [-0.15, -0.1) is 0 Å². The van der Waals surface area contributed by atoms with Crippen molar-refractivity contribution in [2.45, 2.75) is 32.4 Å². The van der Waals surface area contributed by atoms with E-state index in [-0.39, 0.29) is 5.56 Å². The lowest BCUT2D eigenvalue weighted by atomic mass is 9.83. The molecule has 2 heterocycles. The third-order valence-corrected chi connectivity index (χ3v) is 7.79. The molecular formula is C33H27F3NO+. The summed E-state index contributed by atoms with van der Waals surface area (Å²) in [6.45, 7) is 4.49. The summed E-state index contributed by atoms with van der Waals surface area (Å²) in [5.41, 5.74) is 4.84. The maximum absolute atomic E-state index is 13.5. The highest BCUT2D eigenvalue weighted by Crippen LogP contribution is 2.42. The number of benzene rings is 4. The van der Waals surface area contributed by atoms with Gasteiger partial charge in [0.05, 0.1) is 11.0 Å². The lowest BCUT2D eigenvalue weighted by molar-refractivity contribution is -0.660. The van der Waals surface area contributed by atoms with Crippen LogP contribution in [-0.2, 0) is 12.5 Å². The number of fused-ring (bicyclic) bond motifs is 5. The number of pyridine rings is 1. The maximum Gasteiger partial charge on any atom is 0.397 e. The van der Waals surface area contributed by atoms with Gasteiger partial charge in [0.1, 0.15) is 18.2 Å². The number of aryl methyl sites for hydroxylation is 2. The summed E-state index contributed by atoms with van der Waals surface area (Å²) in [7, 11) is 1.99. The van der Waals surface area contributed by atoms with Gasteiger partial charge < -0.3 is 4.42 Å². The summed E-state index contributed by atoms with van der Waals surface area (Å²) < 4.78 is 49.3. The number of nitrogens with zero attached hydrogens (tertiary/aromatic N) is 1. The molecule has 0 fully saturated rings. The van der Waals surface area contributed by atoms with Gasteiger partial charge in [0.25, 0.3) is 0 Å². The third kappa shape index (κ3) is 3.68. The van der Waals surface area contributed by atoms with Crippen molar-refractivity contribution in [3.8, 4) is 22.4 Å². The second kappa shape index (κ2) is 8.45. The molecular weight excluding hydrogens is 483 g/mol.